The fourth-order valence-corrected chi connectivity index (χ4v) is 3.40. The molecule has 2 aromatic heterocycles. The summed E-state index contributed by atoms with van der Waals surface area (Å²) in [4.78, 5) is 46.3. The number of carboxylic acid groups (broad SMARTS) is 2. The number of aliphatic carboxylic acids is 2. The van der Waals surface area contributed by atoms with Crippen molar-refractivity contribution >= 4 is 35.3 Å². The highest BCUT2D eigenvalue weighted by atomic mass is 16.6. The zero-order valence-electron chi connectivity index (χ0n) is 23.4. The monoisotopic (exact) mass is 566 g/mol. The Bertz CT molecular complexity index is 1110. The zero-order chi connectivity index (χ0) is 31.0. The molecule has 0 radical (unpaired) electrons. The maximum atomic E-state index is 12.2. The minimum Gasteiger partial charge on any atom is -0.481 e. The summed E-state index contributed by atoms with van der Waals surface area (Å²) in [7, 11) is 0. The van der Waals surface area contributed by atoms with E-state index in [2.05, 4.69) is 22.0 Å². The Balaban J connectivity index is 0.00000132. The number of fused-ring (bicyclic) bond motifs is 1. The van der Waals surface area contributed by atoms with E-state index in [0.29, 0.717) is 5.82 Å². The van der Waals surface area contributed by atoms with Gasteiger partial charge in [-0.1, -0.05) is 13.8 Å². The summed E-state index contributed by atoms with van der Waals surface area (Å²) in [5, 5.41) is 28.2. The number of nitriles is 1. The normalized spacial score (nSPS) is 16.2. The number of esters is 1. The number of carboxylic acids is 2. The molecule has 3 rings (SSSR count). The van der Waals surface area contributed by atoms with Crippen molar-refractivity contribution < 1.29 is 43.6 Å². The molecule has 0 bridgehead atoms. The van der Waals surface area contributed by atoms with Crippen molar-refractivity contribution in [2.75, 3.05) is 12.3 Å². The minimum absolute atomic E-state index is 0.0901. The number of amides is 1. The highest BCUT2D eigenvalue weighted by Crippen LogP contribution is 2.33. The van der Waals surface area contributed by atoms with Gasteiger partial charge in [-0.05, 0) is 44.7 Å². The molecule has 15 heteroatoms. The van der Waals surface area contributed by atoms with E-state index in [1.165, 1.54) is 6.33 Å². The van der Waals surface area contributed by atoms with Crippen LogP contribution in [0.3, 0.4) is 0 Å². The number of rotatable bonds is 7. The van der Waals surface area contributed by atoms with Gasteiger partial charge in [0.2, 0.25) is 0 Å². The summed E-state index contributed by atoms with van der Waals surface area (Å²) in [6.07, 6.45) is 1.55. The summed E-state index contributed by atoms with van der Waals surface area (Å²) < 4.78 is 18.3. The third-order valence-corrected chi connectivity index (χ3v) is 4.89. The summed E-state index contributed by atoms with van der Waals surface area (Å²) >= 11 is 0. The molecule has 5 N–H and O–H groups in total. The highest BCUT2D eigenvalue weighted by Gasteiger charge is 2.31. The lowest BCUT2D eigenvalue weighted by molar-refractivity contribution is -0.151. The zero-order valence-corrected chi connectivity index (χ0v) is 23.4. The van der Waals surface area contributed by atoms with Crippen LogP contribution in [-0.2, 0) is 28.6 Å². The lowest BCUT2D eigenvalue weighted by atomic mass is 10.1. The van der Waals surface area contributed by atoms with Crippen molar-refractivity contribution in [1.29, 1.82) is 5.26 Å². The molecule has 40 heavy (non-hydrogen) atoms. The molecule has 3 atom stereocenters. The highest BCUT2D eigenvalue weighted by molar-refractivity contribution is 5.81. The number of hydrogen-bond acceptors (Lipinski definition) is 11. The average Bonchev–Trinajstić information content (AvgIpc) is 3.49. The fraction of sp³-hybridized carbons (Fsp3) is 0.560. The van der Waals surface area contributed by atoms with E-state index < -0.39 is 30.0 Å². The van der Waals surface area contributed by atoms with Gasteiger partial charge in [0, 0.05) is 20.4 Å². The standard InChI is InChI=1S/C20H29N5O5.2C2H4O2.CHN/c1-11(2)17(19(26)29-12(3)4)24-20(27)28-9-13-5-8-16(30-13)14-6-7-15-18(21)22-10-23-25(14)15;2*1-2(3)4;1-2/h6-7,10-13,16-17H,5,8-9H2,1-4H3,(H,24,27)(H2,21,22,23);2*1H3,(H,3,4);1H. The SMILES string of the molecule is C#N.CC(=O)O.CC(=O)O.CC(C)OC(=O)C(NC(=O)OCC1CCC(c2ccc3c(N)ncnn23)O1)C(C)C. The van der Waals surface area contributed by atoms with E-state index in [1.54, 1.807) is 18.4 Å². The van der Waals surface area contributed by atoms with E-state index in [-0.39, 0.29) is 30.8 Å². The maximum Gasteiger partial charge on any atom is 0.407 e. The lowest BCUT2D eigenvalue weighted by Gasteiger charge is -2.22. The van der Waals surface area contributed by atoms with Gasteiger partial charge in [0.1, 0.15) is 30.6 Å². The van der Waals surface area contributed by atoms with Crippen molar-refractivity contribution in [2.45, 2.75) is 78.7 Å². The Hall–Kier alpha value is -4.45. The van der Waals surface area contributed by atoms with Gasteiger partial charge < -0.3 is 35.5 Å². The van der Waals surface area contributed by atoms with Gasteiger partial charge in [-0.15, -0.1) is 0 Å². The van der Waals surface area contributed by atoms with Gasteiger partial charge in [-0.2, -0.15) is 5.10 Å². The first kappa shape index (κ1) is 35.5. The number of nitrogens with zero attached hydrogens (tertiary/aromatic N) is 4. The Kier molecular flexibility index (Phi) is 16.0. The second kappa shape index (κ2) is 17.9. The van der Waals surface area contributed by atoms with E-state index >= 15 is 0 Å². The first-order valence-electron chi connectivity index (χ1n) is 12.2. The molecular formula is C25H38N6O9. The molecule has 222 valence electrons. The van der Waals surface area contributed by atoms with E-state index in [9.17, 15) is 9.59 Å². The number of nitrogens with two attached hydrogens (primary N) is 1. The molecule has 1 amide bonds. The largest absolute Gasteiger partial charge is 0.481 e. The smallest absolute Gasteiger partial charge is 0.407 e. The number of nitrogen functional groups attached to an aromatic ring is 1. The average molecular weight is 567 g/mol. The van der Waals surface area contributed by atoms with Crippen LogP contribution in [0, 0.1) is 17.8 Å². The number of carbonyl (C=O) groups is 4. The molecule has 1 aliphatic rings. The third-order valence-electron chi connectivity index (χ3n) is 4.89. The fourth-order valence-electron chi connectivity index (χ4n) is 3.40. The van der Waals surface area contributed by atoms with Gasteiger partial charge in [0.25, 0.3) is 11.9 Å². The number of alkyl carbamates (subject to hydrolysis) is 1. The van der Waals surface area contributed by atoms with Crippen LogP contribution in [0.1, 0.15) is 66.2 Å². The van der Waals surface area contributed by atoms with Gasteiger partial charge >= 0.3 is 12.1 Å². The van der Waals surface area contributed by atoms with Crippen molar-refractivity contribution in [3.8, 4) is 6.57 Å². The molecule has 1 saturated heterocycles. The first-order valence-corrected chi connectivity index (χ1v) is 12.2. The number of carbonyl (C=O) groups excluding carboxylic acids is 2. The van der Waals surface area contributed by atoms with Crippen molar-refractivity contribution in [2.24, 2.45) is 5.92 Å². The first-order chi connectivity index (χ1) is 18.7. The Morgan fingerprint density at radius 2 is 1.73 bits per heavy atom. The van der Waals surface area contributed by atoms with Crippen LogP contribution in [0.15, 0.2) is 18.5 Å². The van der Waals surface area contributed by atoms with Gasteiger partial charge in [-0.25, -0.2) is 24.4 Å². The van der Waals surface area contributed by atoms with Crippen LogP contribution >= 0.6 is 0 Å². The molecular weight excluding hydrogens is 528 g/mol. The van der Waals surface area contributed by atoms with Crippen LogP contribution in [0.5, 0.6) is 0 Å². The summed E-state index contributed by atoms with van der Waals surface area (Å²) in [6.45, 7) is 12.9. The molecule has 0 saturated carbocycles. The van der Waals surface area contributed by atoms with Gasteiger partial charge in [0.15, 0.2) is 5.82 Å². The quantitative estimate of drug-likeness (QED) is 0.353. The number of hydrogen-bond donors (Lipinski definition) is 4. The molecule has 0 spiro atoms. The number of aromatic nitrogens is 3. The summed E-state index contributed by atoms with van der Waals surface area (Å²) in [5.74, 6) is -1.87. The third kappa shape index (κ3) is 12.9. The minimum atomic E-state index is -0.833. The van der Waals surface area contributed by atoms with Crippen LogP contribution in [0.4, 0.5) is 10.6 Å². The van der Waals surface area contributed by atoms with Crippen molar-refractivity contribution in [3.63, 3.8) is 0 Å². The molecule has 15 nitrogen and oxygen atoms in total. The predicted octanol–water partition coefficient (Wildman–Crippen LogP) is 2.56. The lowest BCUT2D eigenvalue weighted by Crippen LogP contribution is -2.46. The topological polar surface area (TPSA) is 228 Å². The maximum absolute atomic E-state index is 12.2. The number of anilines is 1. The van der Waals surface area contributed by atoms with Gasteiger partial charge in [0.05, 0.1) is 17.9 Å². The van der Waals surface area contributed by atoms with Crippen molar-refractivity contribution in [3.05, 3.63) is 24.2 Å². The summed E-state index contributed by atoms with van der Waals surface area (Å²) in [6, 6.07) is 3.00. The molecule has 1 fully saturated rings. The molecule has 0 aliphatic carbocycles. The number of ether oxygens (including phenoxy) is 3. The second-order valence-electron chi connectivity index (χ2n) is 9.01. The van der Waals surface area contributed by atoms with Crippen LogP contribution in [0.25, 0.3) is 5.52 Å². The predicted molar refractivity (Wildman–Crippen MR) is 142 cm³/mol. The van der Waals surface area contributed by atoms with E-state index in [1.807, 2.05) is 26.0 Å². The van der Waals surface area contributed by atoms with E-state index in [0.717, 1.165) is 37.9 Å². The van der Waals surface area contributed by atoms with Crippen molar-refractivity contribution in [1.82, 2.24) is 19.9 Å². The van der Waals surface area contributed by atoms with Gasteiger partial charge in [-0.3, -0.25) is 9.59 Å². The molecule has 1 aliphatic heterocycles. The van der Waals surface area contributed by atoms with Crippen LogP contribution in [-0.4, -0.2) is 73.7 Å². The Labute approximate surface area is 232 Å². The second-order valence-corrected chi connectivity index (χ2v) is 9.01. The molecule has 3 unspecified atom stereocenters. The Morgan fingerprint density at radius 1 is 1.15 bits per heavy atom. The molecule has 2 aromatic rings. The Morgan fingerprint density at radius 3 is 2.25 bits per heavy atom. The summed E-state index contributed by atoms with van der Waals surface area (Å²) in [5.41, 5.74) is 7.48. The van der Waals surface area contributed by atoms with E-state index in [4.69, 9.17) is 45.0 Å². The number of nitrogens with one attached hydrogen (secondary N) is 1. The van der Waals surface area contributed by atoms with Crippen LogP contribution in [0.2, 0.25) is 0 Å². The molecule has 3 heterocycles. The van der Waals surface area contributed by atoms with Crippen LogP contribution < -0.4 is 11.1 Å². The molecule has 0 aromatic carbocycles.